The number of rotatable bonds is 4. The number of nitrogens with one attached hydrogen (secondary N) is 1. The molecule has 3 aliphatic rings. The summed E-state index contributed by atoms with van der Waals surface area (Å²) in [6, 6.07) is 0. The first kappa shape index (κ1) is 21.5. The van der Waals surface area contributed by atoms with E-state index >= 15 is 0 Å². The molecule has 6 nitrogen and oxygen atoms in total. The smallest absolute Gasteiger partial charge is 0.225 e. The Bertz CT molecular complexity index is 454. The molecule has 26 heavy (non-hydrogen) atoms. The lowest BCUT2D eigenvalue weighted by molar-refractivity contribution is -0.139. The molecule has 150 valence electrons. The Balaban J connectivity index is 0.00000243. The van der Waals surface area contributed by atoms with Crippen LogP contribution in [0.5, 0.6) is 0 Å². The molecule has 3 aliphatic heterocycles. The summed E-state index contributed by atoms with van der Waals surface area (Å²) in [6.45, 7) is 10.4. The number of carbonyl (C=O) groups excluding carboxylic acids is 2. The van der Waals surface area contributed by atoms with E-state index < -0.39 is 0 Å². The van der Waals surface area contributed by atoms with Crippen molar-refractivity contribution >= 4 is 24.2 Å². The van der Waals surface area contributed by atoms with Gasteiger partial charge in [0.05, 0.1) is 0 Å². The van der Waals surface area contributed by atoms with E-state index in [4.69, 9.17) is 0 Å². The number of likely N-dealkylation sites (tertiary alicyclic amines) is 2. The molecule has 0 aromatic rings. The van der Waals surface area contributed by atoms with Crippen molar-refractivity contribution in [3.8, 4) is 0 Å². The van der Waals surface area contributed by atoms with Gasteiger partial charge in [-0.2, -0.15) is 0 Å². The van der Waals surface area contributed by atoms with Crippen LogP contribution in [0.25, 0.3) is 0 Å². The van der Waals surface area contributed by atoms with E-state index in [2.05, 4.69) is 22.0 Å². The van der Waals surface area contributed by atoms with Crippen molar-refractivity contribution < 1.29 is 9.59 Å². The first-order valence-corrected chi connectivity index (χ1v) is 10.1. The van der Waals surface area contributed by atoms with Crippen molar-refractivity contribution in [2.45, 2.75) is 39.0 Å². The number of hydrogen-bond donors (Lipinski definition) is 1. The van der Waals surface area contributed by atoms with Crippen molar-refractivity contribution in [1.29, 1.82) is 0 Å². The molecule has 0 aliphatic carbocycles. The van der Waals surface area contributed by atoms with Gasteiger partial charge in [-0.25, -0.2) is 0 Å². The first-order chi connectivity index (χ1) is 12.1. The minimum absolute atomic E-state index is 0. The van der Waals surface area contributed by atoms with E-state index in [-0.39, 0.29) is 24.2 Å². The molecule has 0 bridgehead atoms. The molecule has 3 fully saturated rings. The van der Waals surface area contributed by atoms with Gasteiger partial charge in [0.25, 0.3) is 0 Å². The number of amides is 2. The largest absolute Gasteiger partial charge is 0.342 e. The highest BCUT2D eigenvalue weighted by Gasteiger charge is 2.30. The molecule has 0 atom stereocenters. The molecular formula is C19H35ClN4O2. The molecule has 0 aromatic carbocycles. The molecule has 3 rings (SSSR count). The second kappa shape index (κ2) is 10.5. The van der Waals surface area contributed by atoms with Crippen LogP contribution in [-0.2, 0) is 9.59 Å². The summed E-state index contributed by atoms with van der Waals surface area (Å²) in [5.74, 6) is 1.62. The SMILES string of the molecule is CC1CCN(C(=O)C2CCN(CCC(=O)N3CCNCC3)CC2)CC1.Cl. The Kier molecular flexibility index (Phi) is 8.64. The minimum Gasteiger partial charge on any atom is -0.342 e. The second-order valence-corrected chi connectivity index (χ2v) is 8.00. The van der Waals surface area contributed by atoms with Crippen molar-refractivity contribution in [1.82, 2.24) is 20.0 Å². The van der Waals surface area contributed by atoms with Crippen LogP contribution >= 0.6 is 12.4 Å². The number of hydrogen-bond acceptors (Lipinski definition) is 4. The van der Waals surface area contributed by atoms with Gasteiger partial charge in [0, 0.05) is 58.2 Å². The van der Waals surface area contributed by atoms with Gasteiger partial charge in [-0.1, -0.05) is 6.92 Å². The maximum Gasteiger partial charge on any atom is 0.225 e. The molecule has 0 spiro atoms. The Morgan fingerprint density at radius 3 is 2.12 bits per heavy atom. The van der Waals surface area contributed by atoms with Gasteiger partial charge in [0.1, 0.15) is 0 Å². The zero-order valence-corrected chi connectivity index (χ0v) is 16.9. The Hall–Kier alpha value is -0.850. The summed E-state index contributed by atoms with van der Waals surface area (Å²) in [5.41, 5.74) is 0. The fraction of sp³-hybridized carbons (Fsp3) is 0.895. The van der Waals surface area contributed by atoms with Crippen molar-refractivity contribution in [2.24, 2.45) is 11.8 Å². The average molecular weight is 387 g/mol. The molecule has 1 N–H and O–H groups in total. The Labute approximate surface area is 164 Å². The van der Waals surface area contributed by atoms with Crippen LogP contribution in [0.1, 0.15) is 39.0 Å². The third-order valence-corrected chi connectivity index (χ3v) is 6.14. The predicted octanol–water partition coefficient (Wildman–Crippen LogP) is 1.20. The van der Waals surface area contributed by atoms with Gasteiger partial charge >= 0.3 is 0 Å². The summed E-state index contributed by atoms with van der Waals surface area (Å²) in [7, 11) is 0. The molecule has 2 amide bonds. The third-order valence-electron chi connectivity index (χ3n) is 6.14. The van der Waals surface area contributed by atoms with E-state index in [1.54, 1.807) is 0 Å². The quantitative estimate of drug-likeness (QED) is 0.788. The topological polar surface area (TPSA) is 55.9 Å². The molecule has 7 heteroatoms. The first-order valence-electron chi connectivity index (χ1n) is 10.1. The monoisotopic (exact) mass is 386 g/mol. The maximum atomic E-state index is 12.7. The number of nitrogens with zero attached hydrogens (tertiary/aromatic N) is 3. The van der Waals surface area contributed by atoms with Gasteiger partial charge in [-0.15, -0.1) is 12.4 Å². The van der Waals surface area contributed by atoms with E-state index in [0.717, 1.165) is 90.5 Å². The van der Waals surface area contributed by atoms with Crippen LogP contribution in [0, 0.1) is 11.8 Å². The molecule has 3 heterocycles. The fourth-order valence-corrected chi connectivity index (χ4v) is 4.22. The second-order valence-electron chi connectivity index (χ2n) is 8.00. The summed E-state index contributed by atoms with van der Waals surface area (Å²) in [6.07, 6.45) is 4.82. The predicted molar refractivity (Wildman–Crippen MR) is 105 cm³/mol. The van der Waals surface area contributed by atoms with Crippen LogP contribution < -0.4 is 5.32 Å². The highest BCUT2D eigenvalue weighted by atomic mass is 35.5. The van der Waals surface area contributed by atoms with Gasteiger partial charge < -0.3 is 20.0 Å². The molecule has 0 radical (unpaired) electrons. The van der Waals surface area contributed by atoms with Crippen LogP contribution in [0.3, 0.4) is 0 Å². The van der Waals surface area contributed by atoms with Crippen LogP contribution in [0.4, 0.5) is 0 Å². The third kappa shape index (κ3) is 5.83. The maximum absolute atomic E-state index is 12.7. The standard InChI is InChI=1S/C19H34N4O2.ClH/c1-16-2-12-23(13-3-16)19(25)17-4-9-21(10-5-17)11-6-18(24)22-14-7-20-8-15-22;/h16-17,20H,2-15H2,1H3;1H. The van der Waals surface area contributed by atoms with Crippen LogP contribution in [-0.4, -0.2) is 85.4 Å². The molecule has 0 saturated carbocycles. The zero-order chi connectivity index (χ0) is 17.6. The van der Waals surface area contributed by atoms with E-state index in [1.165, 1.54) is 0 Å². The lowest BCUT2D eigenvalue weighted by atomic mass is 9.92. The molecular weight excluding hydrogens is 352 g/mol. The van der Waals surface area contributed by atoms with Crippen LogP contribution in [0.2, 0.25) is 0 Å². The van der Waals surface area contributed by atoms with Gasteiger partial charge in [0.2, 0.25) is 11.8 Å². The number of halogens is 1. The zero-order valence-electron chi connectivity index (χ0n) is 16.1. The fourth-order valence-electron chi connectivity index (χ4n) is 4.22. The average Bonchev–Trinajstić information content (AvgIpc) is 2.67. The molecule has 3 saturated heterocycles. The van der Waals surface area contributed by atoms with Crippen molar-refractivity contribution in [3.63, 3.8) is 0 Å². The van der Waals surface area contributed by atoms with Gasteiger partial charge in [-0.05, 0) is 44.7 Å². The van der Waals surface area contributed by atoms with E-state index in [9.17, 15) is 9.59 Å². The number of piperazine rings is 1. The normalized spacial score (nSPS) is 23.6. The lowest BCUT2D eigenvalue weighted by Gasteiger charge is -2.37. The molecule has 0 unspecified atom stereocenters. The highest BCUT2D eigenvalue weighted by Crippen LogP contribution is 2.23. The molecule has 0 aromatic heterocycles. The van der Waals surface area contributed by atoms with Crippen molar-refractivity contribution in [2.75, 3.05) is 58.9 Å². The highest BCUT2D eigenvalue weighted by molar-refractivity contribution is 5.85. The summed E-state index contributed by atoms with van der Waals surface area (Å²) < 4.78 is 0. The summed E-state index contributed by atoms with van der Waals surface area (Å²) in [4.78, 5) is 31.4. The Morgan fingerprint density at radius 1 is 0.885 bits per heavy atom. The van der Waals surface area contributed by atoms with Crippen molar-refractivity contribution in [3.05, 3.63) is 0 Å². The van der Waals surface area contributed by atoms with Gasteiger partial charge in [0.15, 0.2) is 0 Å². The lowest BCUT2D eigenvalue weighted by Crippen LogP contribution is -2.48. The van der Waals surface area contributed by atoms with Crippen LogP contribution in [0.15, 0.2) is 0 Å². The Morgan fingerprint density at radius 2 is 1.50 bits per heavy atom. The summed E-state index contributed by atoms with van der Waals surface area (Å²) in [5, 5.41) is 3.28. The minimum atomic E-state index is 0. The number of piperidine rings is 2. The van der Waals surface area contributed by atoms with E-state index in [1.807, 2.05) is 4.90 Å². The summed E-state index contributed by atoms with van der Waals surface area (Å²) >= 11 is 0. The van der Waals surface area contributed by atoms with Gasteiger partial charge in [-0.3, -0.25) is 9.59 Å². The van der Waals surface area contributed by atoms with E-state index in [0.29, 0.717) is 12.3 Å². The number of carbonyl (C=O) groups is 2.